The summed E-state index contributed by atoms with van der Waals surface area (Å²) in [5.41, 5.74) is 2.05. The predicted octanol–water partition coefficient (Wildman–Crippen LogP) is 5.40. The second-order valence-electron chi connectivity index (χ2n) is 7.56. The third kappa shape index (κ3) is 5.11. The van der Waals surface area contributed by atoms with E-state index in [1.165, 1.54) is 17.3 Å². The molecule has 1 N–H and O–H groups in total. The Morgan fingerprint density at radius 2 is 1.81 bits per heavy atom. The minimum absolute atomic E-state index is 0.0878. The molecule has 1 heterocycles. The first-order chi connectivity index (χ1) is 15.5. The van der Waals surface area contributed by atoms with Crippen molar-refractivity contribution in [1.29, 1.82) is 0 Å². The summed E-state index contributed by atoms with van der Waals surface area (Å²) in [4.78, 5) is 12.5. The van der Waals surface area contributed by atoms with Crippen molar-refractivity contribution in [2.75, 3.05) is 11.1 Å². The topological polar surface area (TPSA) is 69.0 Å². The zero-order chi connectivity index (χ0) is 22.5. The lowest BCUT2D eigenvalue weighted by atomic mass is 10.1. The number of fused-ring (bicyclic) bond motifs is 1. The van der Waals surface area contributed by atoms with E-state index in [9.17, 15) is 4.79 Å². The van der Waals surface area contributed by atoms with Gasteiger partial charge in [0.1, 0.15) is 5.75 Å². The minimum Gasteiger partial charge on any atom is -0.483 e. The van der Waals surface area contributed by atoms with Gasteiger partial charge < -0.3 is 14.6 Å². The van der Waals surface area contributed by atoms with Crippen LogP contribution in [0.1, 0.15) is 31.3 Å². The van der Waals surface area contributed by atoms with Gasteiger partial charge in [-0.1, -0.05) is 61.2 Å². The summed E-state index contributed by atoms with van der Waals surface area (Å²) in [6.45, 7) is 4.07. The van der Waals surface area contributed by atoms with Crippen molar-refractivity contribution in [3.05, 3.63) is 78.1 Å². The molecular formula is C25H26N4O2S. The molecule has 0 saturated carbocycles. The quantitative estimate of drug-likeness (QED) is 0.367. The number of hydrogen-bond acceptors (Lipinski definition) is 5. The molecular weight excluding hydrogens is 420 g/mol. The second kappa shape index (κ2) is 9.87. The summed E-state index contributed by atoms with van der Waals surface area (Å²) < 4.78 is 7.90. The number of thioether (sulfide) groups is 1. The average Bonchev–Trinajstić information content (AvgIpc) is 3.18. The first kappa shape index (κ1) is 21.9. The smallest absolute Gasteiger partial charge is 0.234 e. The Kier molecular flexibility index (Phi) is 6.75. The van der Waals surface area contributed by atoms with Crippen LogP contribution in [0.15, 0.2) is 71.9 Å². The van der Waals surface area contributed by atoms with Gasteiger partial charge in [-0.15, -0.1) is 10.2 Å². The van der Waals surface area contributed by atoms with Gasteiger partial charge in [-0.3, -0.25) is 4.79 Å². The van der Waals surface area contributed by atoms with Crippen LogP contribution >= 0.6 is 11.8 Å². The van der Waals surface area contributed by atoms with Crippen LogP contribution in [0, 0.1) is 0 Å². The molecule has 0 aliphatic rings. The Balaban J connectivity index is 1.34. The van der Waals surface area contributed by atoms with Crippen molar-refractivity contribution in [3.8, 4) is 5.75 Å². The molecule has 0 radical (unpaired) electrons. The molecule has 4 rings (SSSR count). The van der Waals surface area contributed by atoms with Gasteiger partial charge in [-0.2, -0.15) is 0 Å². The number of carbonyl (C=O) groups is 1. The van der Waals surface area contributed by atoms with Gasteiger partial charge in [0.15, 0.2) is 17.1 Å². The number of hydrogen-bond donors (Lipinski definition) is 1. The Hall–Kier alpha value is -3.32. The lowest BCUT2D eigenvalue weighted by Gasteiger charge is -2.14. The van der Waals surface area contributed by atoms with E-state index in [0.29, 0.717) is 11.0 Å². The van der Waals surface area contributed by atoms with Crippen molar-refractivity contribution >= 4 is 34.1 Å². The maximum absolute atomic E-state index is 12.5. The monoisotopic (exact) mass is 446 g/mol. The van der Waals surface area contributed by atoms with Gasteiger partial charge >= 0.3 is 0 Å². The zero-order valence-corrected chi connectivity index (χ0v) is 19.2. The SMILES string of the molecule is CCc1ccc(O[C@@H](C)c2nnc(SCC(=O)Nc3ccc4ccccc4c3)n2C)cc1. The predicted molar refractivity (Wildman–Crippen MR) is 129 cm³/mol. The number of carbonyl (C=O) groups excluding carboxylic acids is 1. The normalized spacial score (nSPS) is 12.0. The van der Waals surface area contributed by atoms with E-state index in [1.807, 2.05) is 73.1 Å². The summed E-state index contributed by atoms with van der Waals surface area (Å²) >= 11 is 1.35. The van der Waals surface area contributed by atoms with Gasteiger partial charge in [-0.25, -0.2) is 0 Å². The molecule has 1 aromatic heterocycles. The number of nitrogens with zero attached hydrogens (tertiary/aromatic N) is 3. The van der Waals surface area contributed by atoms with Crippen LogP contribution in [0.2, 0.25) is 0 Å². The van der Waals surface area contributed by atoms with Crippen molar-refractivity contribution in [2.45, 2.75) is 31.5 Å². The fraction of sp³-hybridized carbons (Fsp3) is 0.240. The Labute approximate surface area is 192 Å². The molecule has 7 heteroatoms. The van der Waals surface area contributed by atoms with Crippen molar-refractivity contribution in [2.24, 2.45) is 7.05 Å². The molecule has 164 valence electrons. The fourth-order valence-electron chi connectivity index (χ4n) is 3.46. The van der Waals surface area contributed by atoms with Crippen LogP contribution in [-0.2, 0) is 18.3 Å². The third-order valence-corrected chi connectivity index (χ3v) is 6.26. The van der Waals surface area contributed by atoms with Crippen LogP contribution < -0.4 is 10.1 Å². The first-order valence-corrected chi connectivity index (χ1v) is 11.6. The van der Waals surface area contributed by atoms with Crippen LogP contribution in [0.25, 0.3) is 10.8 Å². The zero-order valence-electron chi connectivity index (χ0n) is 18.4. The maximum atomic E-state index is 12.5. The van der Waals surface area contributed by atoms with E-state index in [0.717, 1.165) is 28.6 Å². The Morgan fingerprint density at radius 3 is 2.56 bits per heavy atom. The van der Waals surface area contributed by atoms with Crippen LogP contribution in [0.3, 0.4) is 0 Å². The summed E-state index contributed by atoms with van der Waals surface area (Å²) in [6, 6.07) is 22.0. The highest BCUT2D eigenvalue weighted by Crippen LogP contribution is 2.24. The van der Waals surface area contributed by atoms with Crippen molar-refractivity contribution in [3.63, 3.8) is 0 Å². The summed E-state index contributed by atoms with van der Waals surface area (Å²) in [5.74, 6) is 1.66. The summed E-state index contributed by atoms with van der Waals surface area (Å²) in [6.07, 6.45) is 0.731. The number of anilines is 1. The largest absolute Gasteiger partial charge is 0.483 e. The molecule has 0 fully saturated rings. The number of aryl methyl sites for hydroxylation is 1. The van der Waals surface area contributed by atoms with Crippen LogP contribution in [-0.4, -0.2) is 26.4 Å². The van der Waals surface area contributed by atoms with Gasteiger partial charge in [-0.05, 0) is 53.9 Å². The van der Waals surface area contributed by atoms with E-state index >= 15 is 0 Å². The molecule has 1 amide bonds. The molecule has 32 heavy (non-hydrogen) atoms. The van der Waals surface area contributed by atoms with E-state index in [-0.39, 0.29) is 17.8 Å². The molecule has 1 atom stereocenters. The summed E-state index contributed by atoms with van der Waals surface area (Å²) in [7, 11) is 1.89. The Bertz CT molecular complexity index is 1220. The molecule has 0 unspecified atom stereocenters. The highest BCUT2D eigenvalue weighted by Gasteiger charge is 2.18. The lowest BCUT2D eigenvalue weighted by molar-refractivity contribution is -0.113. The number of benzene rings is 3. The molecule has 6 nitrogen and oxygen atoms in total. The fourth-order valence-corrected chi connectivity index (χ4v) is 4.18. The number of amides is 1. The van der Waals surface area contributed by atoms with E-state index < -0.39 is 0 Å². The molecule has 0 saturated heterocycles. The molecule has 0 spiro atoms. The van der Waals surface area contributed by atoms with E-state index in [2.05, 4.69) is 34.6 Å². The standard InChI is InChI=1S/C25H26N4O2S/c1-4-18-9-13-22(14-10-18)31-17(2)24-27-28-25(29(24)3)32-16-23(30)26-21-12-11-19-7-5-6-8-20(19)15-21/h5-15,17H,4,16H2,1-3H3,(H,26,30)/t17-/m0/s1. The molecule has 4 aromatic rings. The van der Waals surface area contributed by atoms with Crippen LogP contribution in [0.5, 0.6) is 5.75 Å². The minimum atomic E-state index is -0.263. The molecule has 0 aliphatic heterocycles. The van der Waals surface area contributed by atoms with Gasteiger partial charge in [0.25, 0.3) is 0 Å². The van der Waals surface area contributed by atoms with Crippen molar-refractivity contribution < 1.29 is 9.53 Å². The van der Waals surface area contributed by atoms with E-state index in [4.69, 9.17) is 4.74 Å². The lowest BCUT2D eigenvalue weighted by Crippen LogP contribution is -2.14. The molecule has 0 bridgehead atoms. The average molecular weight is 447 g/mol. The number of rotatable bonds is 8. The van der Waals surface area contributed by atoms with Gasteiger partial charge in [0.05, 0.1) is 5.75 Å². The third-order valence-electron chi connectivity index (χ3n) is 5.24. The van der Waals surface area contributed by atoms with Gasteiger partial charge in [0.2, 0.25) is 5.91 Å². The molecule has 0 aliphatic carbocycles. The highest BCUT2D eigenvalue weighted by molar-refractivity contribution is 7.99. The van der Waals surface area contributed by atoms with Crippen molar-refractivity contribution in [1.82, 2.24) is 14.8 Å². The number of nitrogens with one attached hydrogen (secondary N) is 1. The highest BCUT2D eigenvalue weighted by atomic mass is 32.2. The Morgan fingerprint density at radius 1 is 1.06 bits per heavy atom. The second-order valence-corrected chi connectivity index (χ2v) is 8.50. The molecule has 3 aromatic carbocycles. The van der Waals surface area contributed by atoms with Crippen LogP contribution in [0.4, 0.5) is 5.69 Å². The van der Waals surface area contributed by atoms with Gasteiger partial charge in [0, 0.05) is 12.7 Å². The maximum Gasteiger partial charge on any atom is 0.234 e. The summed E-state index contributed by atoms with van der Waals surface area (Å²) in [5, 5.41) is 14.4. The number of aromatic nitrogens is 3. The first-order valence-electron chi connectivity index (χ1n) is 10.6. The van der Waals surface area contributed by atoms with E-state index in [1.54, 1.807) is 0 Å². The number of ether oxygens (including phenoxy) is 1.